The normalized spacial score (nSPS) is 16.8. The van der Waals surface area contributed by atoms with Crippen LogP contribution in [0.1, 0.15) is 34.8 Å². The average Bonchev–Trinajstić information content (AvgIpc) is 2.97. The number of carbonyl (C=O) groups excluding carboxylic acids is 1. The molecule has 1 unspecified atom stereocenters. The van der Waals surface area contributed by atoms with Crippen LogP contribution in [0.2, 0.25) is 0 Å². The second-order valence-corrected chi connectivity index (χ2v) is 6.15. The van der Waals surface area contributed by atoms with E-state index in [1.54, 1.807) is 29.5 Å². The van der Waals surface area contributed by atoms with E-state index in [-0.39, 0.29) is 11.8 Å². The van der Waals surface area contributed by atoms with E-state index in [9.17, 15) is 4.79 Å². The summed E-state index contributed by atoms with van der Waals surface area (Å²) in [7, 11) is 0. The van der Waals surface area contributed by atoms with E-state index in [1.807, 2.05) is 11.4 Å². The number of hydrogen-bond donors (Lipinski definition) is 2. The van der Waals surface area contributed by atoms with Gasteiger partial charge in [-0.1, -0.05) is 0 Å². The molecule has 1 aliphatic rings. The number of nitrogens with zero attached hydrogens (tertiary/aromatic N) is 1. The molecule has 1 aliphatic carbocycles. The standard InChI is InChI=1S/C16H15N3OS/c17-9-10-8-11(18)4-5-14(10)19-16(20)13-2-1-3-15-12(13)6-7-21-15/h4-8,13H,1-3,18H2,(H,19,20). The van der Waals surface area contributed by atoms with Crippen LogP contribution in [0.4, 0.5) is 11.4 Å². The van der Waals surface area contributed by atoms with Crippen LogP contribution >= 0.6 is 11.3 Å². The molecule has 0 saturated heterocycles. The van der Waals surface area contributed by atoms with Gasteiger partial charge in [-0.05, 0) is 54.5 Å². The number of amides is 1. The zero-order chi connectivity index (χ0) is 14.8. The molecule has 0 bridgehead atoms. The van der Waals surface area contributed by atoms with Gasteiger partial charge in [-0.3, -0.25) is 4.79 Å². The van der Waals surface area contributed by atoms with Crippen LogP contribution in [0.5, 0.6) is 0 Å². The Balaban J connectivity index is 1.84. The van der Waals surface area contributed by atoms with Gasteiger partial charge in [0.1, 0.15) is 6.07 Å². The summed E-state index contributed by atoms with van der Waals surface area (Å²) in [5.41, 5.74) is 8.24. The number of thiophene rings is 1. The molecule has 0 saturated carbocycles. The molecule has 4 nitrogen and oxygen atoms in total. The number of nitriles is 1. The number of hydrogen-bond acceptors (Lipinski definition) is 4. The first-order valence-electron chi connectivity index (χ1n) is 6.86. The van der Waals surface area contributed by atoms with Crippen molar-refractivity contribution in [3.63, 3.8) is 0 Å². The Morgan fingerprint density at radius 1 is 1.43 bits per heavy atom. The number of nitrogens with one attached hydrogen (secondary N) is 1. The maximum Gasteiger partial charge on any atom is 0.231 e. The smallest absolute Gasteiger partial charge is 0.231 e. The molecule has 21 heavy (non-hydrogen) atoms. The van der Waals surface area contributed by atoms with E-state index >= 15 is 0 Å². The van der Waals surface area contributed by atoms with Crippen molar-refractivity contribution < 1.29 is 4.79 Å². The van der Waals surface area contributed by atoms with Crippen molar-refractivity contribution in [1.29, 1.82) is 5.26 Å². The third kappa shape index (κ3) is 2.63. The van der Waals surface area contributed by atoms with Gasteiger partial charge in [-0.25, -0.2) is 0 Å². The number of aryl methyl sites for hydroxylation is 1. The van der Waals surface area contributed by atoms with Gasteiger partial charge in [0.15, 0.2) is 0 Å². The minimum absolute atomic E-state index is 0.0457. The van der Waals surface area contributed by atoms with Crippen LogP contribution in [-0.2, 0) is 11.2 Å². The lowest BCUT2D eigenvalue weighted by Gasteiger charge is -2.22. The Bertz CT molecular complexity index is 729. The van der Waals surface area contributed by atoms with Crippen LogP contribution in [-0.4, -0.2) is 5.91 Å². The summed E-state index contributed by atoms with van der Waals surface area (Å²) in [6, 6.07) is 9.05. The van der Waals surface area contributed by atoms with Gasteiger partial charge in [0.2, 0.25) is 5.91 Å². The number of nitrogen functional groups attached to an aromatic ring is 1. The first kappa shape index (κ1) is 13.7. The van der Waals surface area contributed by atoms with Crippen LogP contribution < -0.4 is 11.1 Å². The predicted octanol–water partition coefficient (Wildman–Crippen LogP) is 3.26. The lowest BCUT2D eigenvalue weighted by molar-refractivity contribution is -0.117. The quantitative estimate of drug-likeness (QED) is 0.835. The number of fused-ring (bicyclic) bond motifs is 1. The predicted molar refractivity (Wildman–Crippen MR) is 84.2 cm³/mol. The molecule has 3 rings (SSSR count). The van der Waals surface area contributed by atoms with Gasteiger partial charge in [-0.15, -0.1) is 11.3 Å². The molecule has 1 aromatic heterocycles. The van der Waals surface area contributed by atoms with Gasteiger partial charge >= 0.3 is 0 Å². The number of carbonyl (C=O) groups is 1. The molecule has 3 N–H and O–H groups in total. The molecule has 5 heteroatoms. The van der Waals surface area contributed by atoms with Crippen molar-refractivity contribution in [2.75, 3.05) is 11.1 Å². The Kier molecular flexibility index (Phi) is 3.63. The zero-order valence-electron chi connectivity index (χ0n) is 11.4. The first-order chi connectivity index (χ1) is 10.2. The molecular weight excluding hydrogens is 282 g/mol. The van der Waals surface area contributed by atoms with Crippen molar-refractivity contribution in [3.05, 3.63) is 45.6 Å². The van der Waals surface area contributed by atoms with E-state index < -0.39 is 0 Å². The Morgan fingerprint density at radius 2 is 2.29 bits per heavy atom. The van der Waals surface area contributed by atoms with E-state index in [0.717, 1.165) is 24.8 Å². The molecule has 1 amide bonds. The van der Waals surface area contributed by atoms with Gasteiger partial charge in [0, 0.05) is 10.6 Å². The summed E-state index contributed by atoms with van der Waals surface area (Å²) in [5.74, 6) is -0.167. The monoisotopic (exact) mass is 297 g/mol. The SMILES string of the molecule is N#Cc1cc(N)ccc1NC(=O)C1CCCc2sccc21. The molecule has 1 atom stereocenters. The third-order valence-electron chi connectivity index (χ3n) is 3.79. The Morgan fingerprint density at radius 3 is 3.10 bits per heavy atom. The summed E-state index contributed by atoms with van der Waals surface area (Å²) in [6.45, 7) is 0. The highest BCUT2D eigenvalue weighted by atomic mass is 32.1. The summed E-state index contributed by atoms with van der Waals surface area (Å²) >= 11 is 1.71. The lowest BCUT2D eigenvalue weighted by Crippen LogP contribution is -2.24. The minimum atomic E-state index is -0.121. The first-order valence-corrected chi connectivity index (χ1v) is 7.74. The molecular formula is C16H15N3OS. The van der Waals surface area contributed by atoms with Crippen LogP contribution in [0.15, 0.2) is 29.6 Å². The third-order valence-corrected chi connectivity index (χ3v) is 4.79. The Hall–Kier alpha value is -2.32. The molecule has 0 aliphatic heterocycles. The van der Waals surface area contributed by atoms with E-state index in [1.165, 1.54) is 4.88 Å². The summed E-state index contributed by atoms with van der Waals surface area (Å²) in [4.78, 5) is 13.8. The fraction of sp³-hybridized carbons (Fsp3) is 0.250. The fourth-order valence-corrected chi connectivity index (χ4v) is 3.73. The Labute approximate surface area is 127 Å². The highest BCUT2D eigenvalue weighted by Crippen LogP contribution is 2.35. The van der Waals surface area contributed by atoms with E-state index in [0.29, 0.717) is 16.9 Å². The summed E-state index contributed by atoms with van der Waals surface area (Å²) < 4.78 is 0. The molecule has 0 fully saturated rings. The molecule has 1 aromatic carbocycles. The maximum absolute atomic E-state index is 12.5. The highest BCUT2D eigenvalue weighted by molar-refractivity contribution is 7.10. The van der Waals surface area contributed by atoms with Crippen molar-refractivity contribution >= 4 is 28.6 Å². The van der Waals surface area contributed by atoms with Gasteiger partial charge in [-0.2, -0.15) is 5.26 Å². The van der Waals surface area contributed by atoms with Gasteiger partial charge < -0.3 is 11.1 Å². The largest absolute Gasteiger partial charge is 0.399 e. The number of benzene rings is 1. The van der Waals surface area contributed by atoms with Crippen molar-refractivity contribution in [2.24, 2.45) is 0 Å². The zero-order valence-corrected chi connectivity index (χ0v) is 12.2. The fourth-order valence-electron chi connectivity index (χ4n) is 2.74. The van der Waals surface area contributed by atoms with E-state index in [2.05, 4.69) is 11.4 Å². The number of nitrogens with two attached hydrogens (primary N) is 1. The summed E-state index contributed by atoms with van der Waals surface area (Å²) in [5, 5.41) is 14.1. The molecule has 0 radical (unpaired) electrons. The molecule has 2 aromatic rings. The highest BCUT2D eigenvalue weighted by Gasteiger charge is 2.27. The topological polar surface area (TPSA) is 78.9 Å². The summed E-state index contributed by atoms with van der Waals surface area (Å²) in [6.07, 6.45) is 2.94. The minimum Gasteiger partial charge on any atom is -0.399 e. The lowest BCUT2D eigenvalue weighted by atomic mass is 9.87. The van der Waals surface area contributed by atoms with Crippen LogP contribution in [0.3, 0.4) is 0 Å². The van der Waals surface area contributed by atoms with Crippen LogP contribution in [0, 0.1) is 11.3 Å². The number of rotatable bonds is 2. The van der Waals surface area contributed by atoms with Crippen molar-refractivity contribution in [3.8, 4) is 6.07 Å². The average molecular weight is 297 g/mol. The van der Waals surface area contributed by atoms with Crippen LogP contribution in [0.25, 0.3) is 0 Å². The molecule has 1 heterocycles. The maximum atomic E-state index is 12.5. The second kappa shape index (κ2) is 5.58. The second-order valence-electron chi connectivity index (χ2n) is 5.15. The van der Waals surface area contributed by atoms with Crippen molar-refractivity contribution in [2.45, 2.75) is 25.2 Å². The van der Waals surface area contributed by atoms with Crippen molar-refractivity contribution in [1.82, 2.24) is 0 Å². The van der Waals surface area contributed by atoms with Gasteiger partial charge in [0.05, 0.1) is 17.2 Å². The van der Waals surface area contributed by atoms with E-state index in [4.69, 9.17) is 11.0 Å². The number of anilines is 2. The van der Waals surface area contributed by atoms with Gasteiger partial charge in [0.25, 0.3) is 0 Å². The molecule has 0 spiro atoms. The molecule has 106 valence electrons.